The van der Waals surface area contributed by atoms with Crippen molar-refractivity contribution in [2.45, 2.75) is 38.1 Å². The molecule has 4 heteroatoms. The third-order valence-electron chi connectivity index (χ3n) is 3.75. The Morgan fingerprint density at radius 1 is 1.42 bits per heavy atom. The van der Waals surface area contributed by atoms with Crippen LogP contribution in [-0.2, 0) is 11.2 Å². The van der Waals surface area contributed by atoms with Gasteiger partial charge < -0.3 is 10.0 Å². The Balaban J connectivity index is 1.88. The van der Waals surface area contributed by atoms with Crippen molar-refractivity contribution in [3.63, 3.8) is 0 Å². The van der Waals surface area contributed by atoms with Crippen LogP contribution in [0.25, 0.3) is 0 Å². The molecule has 19 heavy (non-hydrogen) atoms. The molecule has 1 aliphatic heterocycles. The molecule has 1 aromatic carbocycles. The van der Waals surface area contributed by atoms with Gasteiger partial charge in [0.15, 0.2) is 0 Å². The minimum Gasteiger partial charge on any atom is -0.481 e. The van der Waals surface area contributed by atoms with Gasteiger partial charge in [-0.25, -0.2) is 0 Å². The SMILES string of the molecule is O=C(O)CCCN1CCC[C@@H]1Cc1ccccc1Cl. The van der Waals surface area contributed by atoms with Crippen LogP contribution in [0.1, 0.15) is 31.2 Å². The summed E-state index contributed by atoms with van der Waals surface area (Å²) >= 11 is 6.20. The van der Waals surface area contributed by atoms with Crippen molar-refractivity contribution in [2.24, 2.45) is 0 Å². The van der Waals surface area contributed by atoms with E-state index >= 15 is 0 Å². The first kappa shape index (κ1) is 14.4. The third kappa shape index (κ3) is 4.22. The fourth-order valence-corrected chi connectivity index (χ4v) is 2.98. The van der Waals surface area contributed by atoms with E-state index in [9.17, 15) is 4.79 Å². The van der Waals surface area contributed by atoms with Crippen molar-refractivity contribution in [3.05, 3.63) is 34.9 Å². The van der Waals surface area contributed by atoms with Gasteiger partial charge in [0.05, 0.1) is 0 Å². The number of carboxylic acid groups (broad SMARTS) is 1. The van der Waals surface area contributed by atoms with Crippen LogP contribution in [-0.4, -0.2) is 35.1 Å². The van der Waals surface area contributed by atoms with Crippen LogP contribution >= 0.6 is 11.6 Å². The predicted molar refractivity (Wildman–Crippen MR) is 76.6 cm³/mol. The van der Waals surface area contributed by atoms with Gasteiger partial charge in [-0.2, -0.15) is 0 Å². The summed E-state index contributed by atoms with van der Waals surface area (Å²) < 4.78 is 0. The fraction of sp³-hybridized carbons (Fsp3) is 0.533. The number of hydrogen-bond acceptors (Lipinski definition) is 2. The van der Waals surface area contributed by atoms with Gasteiger partial charge in [-0.3, -0.25) is 4.79 Å². The van der Waals surface area contributed by atoms with Gasteiger partial charge in [-0.15, -0.1) is 0 Å². The number of carbonyl (C=O) groups is 1. The van der Waals surface area contributed by atoms with E-state index in [1.165, 1.54) is 18.4 Å². The molecule has 0 amide bonds. The maximum Gasteiger partial charge on any atom is 0.303 e. The molecule has 1 saturated heterocycles. The molecule has 0 aromatic heterocycles. The molecule has 1 N–H and O–H groups in total. The predicted octanol–water partition coefficient (Wildman–Crippen LogP) is 3.21. The Bertz CT molecular complexity index is 436. The molecule has 1 fully saturated rings. The topological polar surface area (TPSA) is 40.5 Å². The summed E-state index contributed by atoms with van der Waals surface area (Å²) in [5.41, 5.74) is 1.19. The quantitative estimate of drug-likeness (QED) is 0.870. The van der Waals surface area contributed by atoms with Gasteiger partial charge in [0, 0.05) is 17.5 Å². The van der Waals surface area contributed by atoms with Crippen molar-refractivity contribution >= 4 is 17.6 Å². The number of halogens is 1. The second-order valence-electron chi connectivity index (χ2n) is 5.12. The van der Waals surface area contributed by atoms with E-state index in [1.807, 2.05) is 18.2 Å². The van der Waals surface area contributed by atoms with Crippen LogP contribution in [0.15, 0.2) is 24.3 Å². The Morgan fingerprint density at radius 3 is 2.95 bits per heavy atom. The summed E-state index contributed by atoms with van der Waals surface area (Å²) in [6, 6.07) is 8.49. The highest BCUT2D eigenvalue weighted by Crippen LogP contribution is 2.24. The van der Waals surface area contributed by atoms with Crippen LogP contribution in [0.2, 0.25) is 5.02 Å². The molecule has 0 spiro atoms. The first-order valence-corrected chi connectivity index (χ1v) is 7.24. The molecule has 0 saturated carbocycles. The van der Waals surface area contributed by atoms with Gasteiger partial charge in [0.1, 0.15) is 0 Å². The molecule has 0 radical (unpaired) electrons. The summed E-state index contributed by atoms with van der Waals surface area (Å²) in [6.45, 7) is 1.95. The Labute approximate surface area is 119 Å². The lowest BCUT2D eigenvalue weighted by atomic mass is 10.0. The number of hydrogen-bond donors (Lipinski definition) is 1. The van der Waals surface area contributed by atoms with E-state index in [-0.39, 0.29) is 6.42 Å². The Morgan fingerprint density at radius 2 is 2.21 bits per heavy atom. The Kier molecular flexibility index (Phi) is 5.23. The molecule has 0 bridgehead atoms. The zero-order valence-electron chi connectivity index (χ0n) is 11.0. The lowest BCUT2D eigenvalue weighted by Crippen LogP contribution is -2.32. The van der Waals surface area contributed by atoms with Gasteiger partial charge in [0.2, 0.25) is 0 Å². The molecule has 0 unspecified atom stereocenters. The fourth-order valence-electron chi connectivity index (χ4n) is 2.77. The average Bonchev–Trinajstić information content (AvgIpc) is 2.79. The second kappa shape index (κ2) is 6.92. The van der Waals surface area contributed by atoms with Gasteiger partial charge in [0.25, 0.3) is 0 Å². The van der Waals surface area contributed by atoms with Crippen LogP contribution in [0, 0.1) is 0 Å². The average molecular weight is 282 g/mol. The molecule has 1 atom stereocenters. The molecule has 0 aliphatic carbocycles. The number of aliphatic carboxylic acids is 1. The van der Waals surface area contributed by atoms with Crippen LogP contribution in [0.3, 0.4) is 0 Å². The summed E-state index contributed by atoms with van der Waals surface area (Å²) in [6.07, 6.45) is 4.33. The molecule has 3 nitrogen and oxygen atoms in total. The molecule has 1 aromatic rings. The number of rotatable bonds is 6. The smallest absolute Gasteiger partial charge is 0.303 e. The zero-order valence-corrected chi connectivity index (χ0v) is 11.8. The van der Waals surface area contributed by atoms with Crippen LogP contribution in [0.5, 0.6) is 0 Å². The highest BCUT2D eigenvalue weighted by Gasteiger charge is 2.24. The summed E-state index contributed by atoms with van der Waals surface area (Å²) in [5, 5.41) is 9.52. The number of likely N-dealkylation sites (tertiary alicyclic amines) is 1. The maximum atomic E-state index is 10.6. The number of benzene rings is 1. The molecule has 2 rings (SSSR count). The summed E-state index contributed by atoms with van der Waals surface area (Å²) in [7, 11) is 0. The van der Waals surface area contributed by atoms with Crippen LogP contribution < -0.4 is 0 Å². The molecular weight excluding hydrogens is 262 g/mol. The first-order chi connectivity index (χ1) is 9.16. The van der Waals surface area contributed by atoms with E-state index in [2.05, 4.69) is 11.0 Å². The zero-order chi connectivity index (χ0) is 13.7. The van der Waals surface area contributed by atoms with E-state index in [4.69, 9.17) is 16.7 Å². The number of carboxylic acids is 1. The van der Waals surface area contributed by atoms with Crippen molar-refractivity contribution in [1.82, 2.24) is 4.90 Å². The number of nitrogens with zero attached hydrogens (tertiary/aromatic N) is 1. The highest BCUT2D eigenvalue weighted by molar-refractivity contribution is 6.31. The van der Waals surface area contributed by atoms with Crippen LogP contribution in [0.4, 0.5) is 0 Å². The third-order valence-corrected chi connectivity index (χ3v) is 4.12. The molecular formula is C15H20ClNO2. The monoisotopic (exact) mass is 281 g/mol. The molecule has 1 heterocycles. The maximum absolute atomic E-state index is 10.6. The summed E-state index contributed by atoms with van der Waals surface area (Å²) in [4.78, 5) is 13.0. The Hall–Kier alpha value is -1.06. The van der Waals surface area contributed by atoms with Crippen molar-refractivity contribution < 1.29 is 9.90 Å². The normalized spacial score (nSPS) is 19.7. The minimum absolute atomic E-state index is 0.259. The first-order valence-electron chi connectivity index (χ1n) is 6.86. The molecule has 104 valence electrons. The second-order valence-corrected chi connectivity index (χ2v) is 5.53. The summed E-state index contributed by atoms with van der Waals surface area (Å²) in [5.74, 6) is -0.707. The van der Waals surface area contributed by atoms with Gasteiger partial charge in [-0.1, -0.05) is 29.8 Å². The lowest BCUT2D eigenvalue weighted by Gasteiger charge is -2.24. The van der Waals surface area contributed by atoms with E-state index < -0.39 is 5.97 Å². The van der Waals surface area contributed by atoms with E-state index in [0.717, 1.165) is 31.0 Å². The van der Waals surface area contributed by atoms with Gasteiger partial charge in [-0.05, 0) is 50.4 Å². The van der Waals surface area contributed by atoms with E-state index in [1.54, 1.807) is 0 Å². The molecule has 1 aliphatic rings. The minimum atomic E-state index is -0.707. The largest absolute Gasteiger partial charge is 0.481 e. The standard InChI is InChI=1S/C15H20ClNO2/c16-14-7-2-1-5-12(14)11-13-6-3-9-17(13)10-4-8-15(18)19/h1-2,5,7,13H,3-4,6,8-11H2,(H,18,19)/t13-/m1/s1. The van der Waals surface area contributed by atoms with Crippen molar-refractivity contribution in [1.29, 1.82) is 0 Å². The van der Waals surface area contributed by atoms with Gasteiger partial charge >= 0.3 is 5.97 Å². The highest BCUT2D eigenvalue weighted by atomic mass is 35.5. The lowest BCUT2D eigenvalue weighted by molar-refractivity contribution is -0.137. The van der Waals surface area contributed by atoms with Crippen molar-refractivity contribution in [2.75, 3.05) is 13.1 Å². The van der Waals surface area contributed by atoms with Crippen molar-refractivity contribution in [3.8, 4) is 0 Å². The van der Waals surface area contributed by atoms with E-state index in [0.29, 0.717) is 6.04 Å².